The number of nitrogens with zero attached hydrogens (tertiary/aromatic N) is 2. The Kier molecular flexibility index (Phi) is 5.24. The topological polar surface area (TPSA) is 65.6 Å². The molecule has 5 nitrogen and oxygen atoms in total. The molecule has 4 heterocycles. The van der Waals surface area contributed by atoms with E-state index in [1.807, 2.05) is 30.5 Å². The van der Waals surface area contributed by atoms with Gasteiger partial charge in [-0.3, -0.25) is 0 Å². The van der Waals surface area contributed by atoms with E-state index in [9.17, 15) is 0 Å². The summed E-state index contributed by atoms with van der Waals surface area (Å²) in [5.74, 6) is 0.846. The van der Waals surface area contributed by atoms with Crippen molar-refractivity contribution < 1.29 is 0 Å². The van der Waals surface area contributed by atoms with Crippen molar-refractivity contribution in [1.82, 2.24) is 20.3 Å². The highest BCUT2D eigenvalue weighted by Crippen LogP contribution is 2.31. The maximum Gasteiger partial charge on any atom is 0.139 e. The number of H-pyrrole nitrogens is 1. The number of pyridine rings is 2. The molecule has 1 aliphatic rings. The molecule has 0 bridgehead atoms. The highest BCUT2D eigenvalue weighted by molar-refractivity contribution is 5.95. The van der Waals surface area contributed by atoms with Crippen molar-refractivity contribution >= 4 is 47.4 Å². The molecule has 0 saturated carbocycles. The lowest BCUT2D eigenvalue weighted by Gasteiger charge is -2.14. The number of aromatic amines is 1. The zero-order chi connectivity index (χ0) is 13.4. The van der Waals surface area contributed by atoms with Crippen LogP contribution in [0.5, 0.6) is 0 Å². The van der Waals surface area contributed by atoms with Crippen LogP contribution in [0.1, 0.15) is 11.3 Å². The van der Waals surface area contributed by atoms with E-state index < -0.39 is 0 Å². The predicted octanol–water partition coefficient (Wildman–Crippen LogP) is 3.19. The number of hydrogen-bond donors (Lipinski definition) is 3. The zero-order valence-corrected chi connectivity index (χ0v) is 13.4. The Labute approximate surface area is 140 Å². The van der Waals surface area contributed by atoms with Gasteiger partial charge < -0.3 is 15.6 Å². The summed E-state index contributed by atoms with van der Waals surface area (Å²) in [5, 5.41) is 7.97. The van der Waals surface area contributed by atoms with Crippen LogP contribution >= 0.6 is 24.8 Å². The normalized spacial score (nSPS) is 12.9. The average molecular weight is 338 g/mol. The van der Waals surface area contributed by atoms with Crippen LogP contribution in [0, 0.1) is 0 Å². The van der Waals surface area contributed by atoms with Crippen molar-refractivity contribution in [2.24, 2.45) is 0 Å². The summed E-state index contributed by atoms with van der Waals surface area (Å²) in [6.07, 6.45) is 4.63. The van der Waals surface area contributed by atoms with E-state index in [0.29, 0.717) is 0 Å². The molecule has 0 fully saturated rings. The molecular formula is C15H17Cl2N5. The zero-order valence-electron chi connectivity index (χ0n) is 11.8. The summed E-state index contributed by atoms with van der Waals surface area (Å²) in [4.78, 5) is 12.2. The van der Waals surface area contributed by atoms with E-state index in [1.54, 1.807) is 6.20 Å². The first kappa shape index (κ1) is 16.5. The number of hydrogen-bond acceptors (Lipinski definition) is 4. The fourth-order valence-electron chi connectivity index (χ4n) is 2.75. The Morgan fingerprint density at radius 3 is 2.77 bits per heavy atom. The number of anilines is 2. The van der Waals surface area contributed by atoms with E-state index in [1.165, 1.54) is 16.6 Å². The number of rotatable bonds is 2. The molecule has 3 N–H and O–H groups in total. The second kappa shape index (κ2) is 6.96. The van der Waals surface area contributed by atoms with Crippen LogP contribution in [0.3, 0.4) is 0 Å². The second-order valence-electron chi connectivity index (χ2n) is 4.93. The van der Waals surface area contributed by atoms with Gasteiger partial charge in [0.05, 0.1) is 5.69 Å². The molecule has 0 atom stereocenters. The van der Waals surface area contributed by atoms with Gasteiger partial charge in [-0.25, -0.2) is 9.97 Å². The number of halogens is 2. The lowest BCUT2D eigenvalue weighted by molar-refractivity contribution is 0.641. The Morgan fingerprint density at radius 1 is 1.05 bits per heavy atom. The largest absolute Gasteiger partial charge is 0.343 e. The first-order valence-electron chi connectivity index (χ1n) is 6.79. The standard InChI is InChI=1S/C15H15N5.2ClH/c1-2-6-17-13(3-1)19-12-5-8-18-15-14(12)10-9-16-7-4-11(10)20-15;;/h1-3,5-6,8,16H,4,7,9H2,(H2,17,18,19,20);2*1H. The summed E-state index contributed by atoms with van der Waals surface area (Å²) >= 11 is 0. The summed E-state index contributed by atoms with van der Waals surface area (Å²) in [5.41, 5.74) is 4.61. The smallest absolute Gasteiger partial charge is 0.139 e. The molecule has 1 aliphatic heterocycles. The highest BCUT2D eigenvalue weighted by Gasteiger charge is 2.18. The van der Waals surface area contributed by atoms with Crippen LogP contribution in [0.2, 0.25) is 0 Å². The molecule has 0 radical (unpaired) electrons. The van der Waals surface area contributed by atoms with Gasteiger partial charge in [-0.2, -0.15) is 0 Å². The molecule has 116 valence electrons. The SMILES string of the molecule is Cl.Cl.c1ccc(Nc2ccnc3[nH]c4c(c23)CNCC4)nc1. The Hall–Kier alpha value is -1.82. The molecule has 0 saturated heterocycles. The monoisotopic (exact) mass is 337 g/mol. The Morgan fingerprint density at radius 2 is 1.95 bits per heavy atom. The van der Waals surface area contributed by atoms with E-state index in [0.717, 1.165) is 36.7 Å². The molecule has 0 amide bonds. The third kappa shape index (κ3) is 2.88. The third-order valence-corrected chi connectivity index (χ3v) is 3.67. The maximum atomic E-state index is 4.44. The molecule has 4 rings (SSSR count). The summed E-state index contributed by atoms with van der Waals surface area (Å²) < 4.78 is 0. The minimum atomic E-state index is 0. The number of fused-ring (bicyclic) bond motifs is 3. The maximum absolute atomic E-state index is 4.44. The van der Waals surface area contributed by atoms with Crippen LogP contribution < -0.4 is 10.6 Å². The van der Waals surface area contributed by atoms with Crippen molar-refractivity contribution in [2.75, 3.05) is 11.9 Å². The van der Waals surface area contributed by atoms with Crippen molar-refractivity contribution in [2.45, 2.75) is 13.0 Å². The van der Waals surface area contributed by atoms with Gasteiger partial charge in [-0.05, 0) is 23.8 Å². The lowest BCUT2D eigenvalue weighted by atomic mass is 10.1. The van der Waals surface area contributed by atoms with Gasteiger partial charge in [0.25, 0.3) is 0 Å². The summed E-state index contributed by atoms with van der Waals surface area (Å²) in [7, 11) is 0. The van der Waals surface area contributed by atoms with Gasteiger partial charge in [0.1, 0.15) is 11.5 Å². The van der Waals surface area contributed by atoms with E-state index in [-0.39, 0.29) is 24.8 Å². The van der Waals surface area contributed by atoms with Gasteiger partial charge in [0, 0.05) is 43.0 Å². The van der Waals surface area contributed by atoms with E-state index >= 15 is 0 Å². The molecule has 3 aromatic heterocycles. The molecule has 3 aromatic rings. The van der Waals surface area contributed by atoms with Gasteiger partial charge in [-0.15, -0.1) is 24.8 Å². The van der Waals surface area contributed by atoms with Crippen molar-refractivity contribution in [3.8, 4) is 0 Å². The predicted molar refractivity (Wildman–Crippen MR) is 93.5 cm³/mol. The molecule has 0 aromatic carbocycles. The minimum Gasteiger partial charge on any atom is -0.343 e. The van der Waals surface area contributed by atoms with Gasteiger partial charge in [-0.1, -0.05) is 6.07 Å². The van der Waals surface area contributed by atoms with E-state index in [2.05, 4.69) is 25.6 Å². The van der Waals surface area contributed by atoms with Crippen LogP contribution in [0.15, 0.2) is 36.7 Å². The summed E-state index contributed by atoms with van der Waals surface area (Å²) in [6.45, 7) is 1.90. The van der Waals surface area contributed by atoms with Gasteiger partial charge in [0.15, 0.2) is 0 Å². The Bertz CT molecular complexity index is 757. The fraction of sp³-hybridized carbons (Fsp3) is 0.200. The first-order chi connectivity index (χ1) is 9.92. The molecule has 7 heteroatoms. The summed E-state index contributed by atoms with van der Waals surface area (Å²) in [6, 6.07) is 7.85. The van der Waals surface area contributed by atoms with E-state index in [4.69, 9.17) is 0 Å². The average Bonchev–Trinajstić information content (AvgIpc) is 2.88. The highest BCUT2D eigenvalue weighted by atomic mass is 35.5. The van der Waals surface area contributed by atoms with Crippen LogP contribution in [-0.4, -0.2) is 21.5 Å². The molecular weight excluding hydrogens is 321 g/mol. The first-order valence-corrected chi connectivity index (χ1v) is 6.79. The van der Waals surface area contributed by atoms with Crippen LogP contribution in [-0.2, 0) is 13.0 Å². The van der Waals surface area contributed by atoms with Crippen LogP contribution in [0.4, 0.5) is 11.5 Å². The number of nitrogens with one attached hydrogen (secondary N) is 3. The molecule has 22 heavy (non-hydrogen) atoms. The van der Waals surface area contributed by atoms with Gasteiger partial charge >= 0.3 is 0 Å². The Balaban J connectivity index is 0.000000882. The van der Waals surface area contributed by atoms with Gasteiger partial charge in [0.2, 0.25) is 0 Å². The molecule has 0 aliphatic carbocycles. The van der Waals surface area contributed by atoms with Crippen molar-refractivity contribution in [1.29, 1.82) is 0 Å². The van der Waals surface area contributed by atoms with Crippen LogP contribution in [0.25, 0.3) is 11.0 Å². The quantitative estimate of drug-likeness (QED) is 0.671. The van der Waals surface area contributed by atoms with Crippen molar-refractivity contribution in [3.05, 3.63) is 47.9 Å². The number of aromatic nitrogens is 3. The van der Waals surface area contributed by atoms with Crippen molar-refractivity contribution in [3.63, 3.8) is 0 Å². The lowest BCUT2D eigenvalue weighted by Crippen LogP contribution is -2.23. The molecule has 0 unspecified atom stereocenters. The molecule has 0 spiro atoms. The second-order valence-corrected chi connectivity index (χ2v) is 4.93. The fourth-order valence-corrected chi connectivity index (χ4v) is 2.75. The minimum absolute atomic E-state index is 0. The third-order valence-electron chi connectivity index (χ3n) is 3.67.